The maximum absolute atomic E-state index is 13.2. The molecular weight excluding hydrogens is 528 g/mol. The first kappa shape index (κ1) is 19.3. The van der Waals surface area contributed by atoms with Crippen LogP contribution in [-0.2, 0) is 5.72 Å². The van der Waals surface area contributed by atoms with Gasteiger partial charge in [-0.05, 0) is 59.0 Å². The third-order valence-electron chi connectivity index (χ3n) is 3.90. The van der Waals surface area contributed by atoms with Crippen LogP contribution in [0, 0.1) is 3.57 Å². The van der Waals surface area contributed by atoms with Gasteiger partial charge < -0.3 is 5.11 Å². The molecule has 2 aromatic rings. The van der Waals surface area contributed by atoms with Crippen LogP contribution in [0.2, 0.25) is 0 Å². The van der Waals surface area contributed by atoms with Crippen molar-refractivity contribution in [1.29, 1.82) is 0 Å². The van der Waals surface area contributed by atoms with Gasteiger partial charge in [0.25, 0.3) is 5.91 Å². The van der Waals surface area contributed by atoms with Crippen molar-refractivity contribution >= 4 is 50.1 Å². The van der Waals surface area contributed by atoms with Crippen molar-refractivity contribution < 1.29 is 23.1 Å². The minimum atomic E-state index is -4.75. The third kappa shape index (κ3) is 3.65. The molecule has 0 aliphatic carbocycles. The zero-order valence-electron chi connectivity index (χ0n) is 13.0. The number of hydrogen-bond acceptors (Lipinski definition) is 3. The molecule has 3 rings (SSSR count). The van der Waals surface area contributed by atoms with Gasteiger partial charge >= 0.3 is 6.18 Å². The second-order valence-electron chi connectivity index (χ2n) is 5.67. The van der Waals surface area contributed by atoms with Crippen LogP contribution in [0.3, 0.4) is 0 Å². The topological polar surface area (TPSA) is 52.9 Å². The number of carbonyl (C=O) groups is 1. The van der Waals surface area contributed by atoms with Gasteiger partial charge in [0.1, 0.15) is 5.71 Å². The monoisotopic (exact) mass is 538 g/mol. The molecule has 4 nitrogen and oxygen atoms in total. The van der Waals surface area contributed by atoms with E-state index in [-0.39, 0.29) is 11.1 Å². The molecule has 1 N–H and O–H groups in total. The summed E-state index contributed by atoms with van der Waals surface area (Å²) >= 11 is 5.28. The van der Waals surface area contributed by atoms with Crippen LogP contribution in [0.1, 0.15) is 22.3 Å². The van der Waals surface area contributed by atoms with E-state index < -0.39 is 29.9 Å². The molecule has 0 saturated heterocycles. The molecule has 26 heavy (non-hydrogen) atoms. The maximum atomic E-state index is 13.2. The van der Waals surface area contributed by atoms with Gasteiger partial charge in [-0.1, -0.05) is 28.1 Å². The van der Waals surface area contributed by atoms with Gasteiger partial charge in [-0.15, -0.1) is 0 Å². The van der Waals surface area contributed by atoms with Gasteiger partial charge in [-0.25, -0.2) is 0 Å². The van der Waals surface area contributed by atoms with E-state index in [1.807, 2.05) is 22.6 Å². The summed E-state index contributed by atoms with van der Waals surface area (Å²) in [5.41, 5.74) is -3.15. The molecule has 9 heteroatoms. The van der Waals surface area contributed by atoms with Crippen LogP contribution in [-0.4, -0.2) is 27.9 Å². The number of alkyl halides is 3. The molecule has 0 unspecified atom stereocenters. The number of aliphatic hydroxyl groups is 1. The highest BCUT2D eigenvalue weighted by Gasteiger charge is 2.53. The Morgan fingerprint density at radius 3 is 2.27 bits per heavy atom. The Labute approximate surface area is 169 Å². The van der Waals surface area contributed by atoms with E-state index in [0.717, 1.165) is 3.57 Å². The second kappa shape index (κ2) is 6.93. The van der Waals surface area contributed by atoms with E-state index in [1.54, 1.807) is 24.3 Å². The molecule has 1 aliphatic rings. The number of amides is 1. The van der Waals surface area contributed by atoms with Gasteiger partial charge in [0.15, 0.2) is 5.72 Å². The Balaban J connectivity index is 2.06. The lowest BCUT2D eigenvalue weighted by molar-refractivity contribution is -0.0816. The normalized spacial score (nSPS) is 20.2. The van der Waals surface area contributed by atoms with Crippen molar-refractivity contribution in [3.8, 4) is 0 Å². The molecular formula is C17H11BrF3IN2O2. The zero-order valence-corrected chi connectivity index (χ0v) is 16.7. The van der Waals surface area contributed by atoms with Gasteiger partial charge in [0.05, 0.1) is 6.42 Å². The van der Waals surface area contributed by atoms with Crippen molar-refractivity contribution in [1.82, 2.24) is 5.01 Å². The Kier molecular flexibility index (Phi) is 5.15. The third-order valence-corrected chi connectivity index (χ3v) is 5.15. The average Bonchev–Trinajstić information content (AvgIpc) is 2.94. The molecule has 0 fully saturated rings. The van der Waals surface area contributed by atoms with Crippen LogP contribution in [0.4, 0.5) is 13.2 Å². The number of benzene rings is 2. The van der Waals surface area contributed by atoms with Crippen LogP contribution in [0.5, 0.6) is 0 Å². The van der Waals surface area contributed by atoms with E-state index in [4.69, 9.17) is 0 Å². The largest absolute Gasteiger partial charge is 0.431 e. The predicted octanol–water partition coefficient (Wildman–Crippen LogP) is 4.66. The second-order valence-corrected chi connectivity index (χ2v) is 7.83. The smallest absolute Gasteiger partial charge is 0.365 e. The van der Waals surface area contributed by atoms with Crippen LogP contribution < -0.4 is 0 Å². The predicted molar refractivity (Wildman–Crippen MR) is 101 cm³/mol. The lowest BCUT2D eigenvalue weighted by Gasteiger charge is -2.31. The highest BCUT2D eigenvalue weighted by molar-refractivity contribution is 14.1. The molecule has 136 valence electrons. The molecule has 2 aromatic carbocycles. The quantitative estimate of drug-likeness (QED) is 0.565. The van der Waals surface area contributed by atoms with Crippen molar-refractivity contribution in [2.24, 2.45) is 5.10 Å². The van der Waals surface area contributed by atoms with Gasteiger partial charge in [-0.3, -0.25) is 4.79 Å². The zero-order chi connectivity index (χ0) is 19.1. The Morgan fingerprint density at radius 2 is 1.73 bits per heavy atom. The lowest BCUT2D eigenvalue weighted by Crippen LogP contribution is -2.43. The van der Waals surface area contributed by atoms with Gasteiger partial charge in [-0.2, -0.15) is 23.3 Å². The van der Waals surface area contributed by atoms with E-state index in [2.05, 4.69) is 21.0 Å². The SMILES string of the molecule is O=C(c1ccc(I)cc1)N1N=C(C(F)(F)F)C[C@]1(O)c1ccc(Br)cc1. The fourth-order valence-electron chi connectivity index (χ4n) is 2.57. The molecule has 0 saturated carbocycles. The first-order valence-corrected chi connectivity index (χ1v) is 9.22. The highest BCUT2D eigenvalue weighted by atomic mass is 127. The molecule has 0 aromatic heterocycles. The number of halogens is 5. The van der Waals surface area contributed by atoms with Gasteiger partial charge in [0, 0.05) is 19.2 Å². The van der Waals surface area contributed by atoms with E-state index in [9.17, 15) is 23.1 Å². The number of rotatable bonds is 2. The molecule has 1 amide bonds. The first-order chi connectivity index (χ1) is 12.1. The molecule has 1 heterocycles. The molecule has 0 bridgehead atoms. The average molecular weight is 539 g/mol. The lowest BCUT2D eigenvalue weighted by atomic mass is 9.96. The van der Waals surface area contributed by atoms with E-state index >= 15 is 0 Å². The summed E-state index contributed by atoms with van der Waals surface area (Å²) in [4.78, 5) is 12.8. The highest BCUT2D eigenvalue weighted by Crippen LogP contribution is 2.40. The minimum Gasteiger partial charge on any atom is -0.365 e. The summed E-state index contributed by atoms with van der Waals surface area (Å²) in [5, 5.41) is 14.9. The molecule has 0 spiro atoms. The molecule has 1 atom stereocenters. The number of carbonyl (C=O) groups excluding carboxylic acids is 1. The van der Waals surface area contributed by atoms with Crippen molar-refractivity contribution in [3.05, 3.63) is 67.7 Å². The van der Waals surface area contributed by atoms with Crippen LogP contribution >= 0.6 is 38.5 Å². The summed E-state index contributed by atoms with van der Waals surface area (Å²) in [7, 11) is 0. The fraction of sp³-hybridized carbons (Fsp3) is 0.176. The summed E-state index contributed by atoms with van der Waals surface area (Å²) in [6, 6.07) is 12.3. The molecule has 1 aliphatic heterocycles. The van der Waals surface area contributed by atoms with E-state index in [1.165, 1.54) is 24.3 Å². The fourth-order valence-corrected chi connectivity index (χ4v) is 3.20. The van der Waals surface area contributed by atoms with Crippen LogP contribution in [0.15, 0.2) is 58.1 Å². The Morgan fingerprint density at radius 1 is 1.15 bits per heavy atom. The Hall–Kier alpha value is -1.46. The van der Waals surface area contributed by atoms with Crippen molar-refractivity contribution in [2.75, 3.05) is 0 Å². The van der Waals surface area contributed by atoms with Crippen molar-refractivity contribution in [2.45, 2.75) is 18.3 Å². The van der Waals surface area contributed by atoms with Crippen LogP contribution in [0.25, 0.3) is 0 Å². The number of hydrazone groups is 1. The first-order valence-electron chi connectivity index (χ1n) is 7.34. The summed E-state index contributed by atoms with van der Waals surface area (Å²) in [6.45, 7) is 0. The Bertz CT molecular complexity index is 869. The number of nitrogens with zero attached hydrogens (tertiary/aromatic N) is 2. The standard InChI is InChI=1S/C17H11BrF3IN2O2/c18-12-5-3-11(4-6-12)16(26)9-14(17(19,20)21)23-24(16)15(25)10-1-7-13(22)8-2-10/h1-8,26H,9H2/t16-/m0/s1. The van der Waals surface area contributed by atoms with Crippen molar-refractivity contribution in [3.63, 3.8) is 0 Å². The van der Waals surface area contributed by atoms with Gasteiger partial charge in [0.2, 0.25) is 0 Å². The maximum Gasteiger partial charge on any atom is 0.431 e. The summed E-state index contributed by atoms with van der Waals surface area (Å²) in [5.74, 6) is -0.814. The number of hydrogen-bond donors (Lipinski definition) is 1. The summed E-state index contributed by atoms with van der Waals surface area (Å²) < 4.78 is 41.1. The summed E-state index contributed by atoms with van der Waals surface area (Å²) in [6.07, 6.45) is -5.58. The minimum absolute atomic E-state index is 0.133. The molecule has 0 radical (unpaired) electrons. The van der Waals surface area contributed by atoms with E-state index in [0.29, 0.717) is 9.48 Å².